The molecule has 0 bridgehead atoms. The minimum Gasteiger partial charge on any atom is -0.365 e. The van der Waals surface area contributed by atoms with Crippen LogP contribution in [0.25, 0.3) is 21.3 Å². The van der Waals surface area contributed by atoms with Crippen molar-refractivity contribution in [3.8, 4) is 11.1 Å². The molecule has 0 unspecified atom stereocenters. The number of carbonyl (C=O) groups is 2. The lowest BCUT2D eigenvalue weighted by molar-refractivity contribution is -0.140. The number of halogens is 4. The van der Waals surface area contributed by atoms with E-state index in [1.807, 2.05) is 6.92 Å². The van der Waals surface area contributed by atoms with Crippen molar-refractivity contribution in [1.29, 1.82) is 0 Å². The van der Waals surface area contributed by atoms with Gasteiger partial charge in [-0.15, -0.1) is 11.3 Å². The molecule has 0 spiro atoms. The van der Waals surface area contributed by atoms with Crippen LogP contribution in [0.5, 0.6) is 0 Å². The van der Waals surface area contributed by atoms with Crippen LogP contribution in [-0.4, -0.2) is 26.6 Å². The molecule has 0 saturated carbocycles. The molecular formula is C23H19ClF3N5O2S. The summed E-state index contributed by atoms with van der Waals surface area (Å²) >= 11 is 6.69. The molecule has 7 nitrogen and oxygen atoms in total. The van der Waals surface area contributed by atoms with Gasteiger partial charge in [0.1, 0.15) is 15.4 Å². The summed E-state index contributed by atoms with van der Waals surface area (Å²) in [6.45, 7) is 3.81. The number of amides is 2. The quantitative estimate of drug-likeness (QED) is 0.346. The third-order valence-electron chi connectivity index (χ3n) is 5.40. The molecule has 0 aliphatic carbocycles. The van der Waals surface area contributed by atoms with Crippen molar-refractivity contribution in [2.24, 2.45) is 5.73 Å². The van der Waals surface area contributed by atoms with E-state index in [1.54, 1.807) is 35.9 Å². The molecule has 0 saturated heterocycles. The van der Waals surface area contributed by atoms with Crippen LogP contribution in [-0.2, 0) is 17.5 Å². The third-order valence-corrected chi connectivity index (χ3v) is 6.87. The molecule has 4 rings (SSSR count). The maximum atomic E-state index is 13.6. The predicted octanol–water partition coefficient (Wildman–Crippen LogP) is 5.58. The summed E-state index contributed by atoms with van der Waals surface area (Å²) < 4.78 is 42.4. The number of benzene rings is 1. The van der Waals surface area contributed by atoms with Gasteiger partial charge in [-0.2, -0.15) is 18.3 Å². The lowest BCUT2D eigenvalue weighted by Crippen LogP contribution is -2.18. The zero-order chi connectivity index (χ0) is 25.5. The standard InChI is InChI=1S/C23H19ClF3N5O2S/c1-11-3-5-13(6-4-11)14-9-16(23(25,26)27)30-22-18(14)19(20(35-22)21(28)34)31-17(33)7-8-32-12(2)15(24)10-29-32/h3-6,9-10H,7-8H2,1-2H3,(H2,28,34)(H,31,33). The summed E-state index contributed by atoms with van der Waals surface area (Å²) in [4.78, 5) is 28.6. The Labute approximate surface area is 206 Å². The summed E-state index contributed by atoms with van der Waals surface area (Å²) in [6, 6.07) is 7.76. The number of nitrogens with two attached hydrogens (primary N) is 1. The molecule has 0 radical (unpaired) electrons. The SMILES string of the molecule is Cc1ccc(-c2cc(C(F)(F)F)nc3sc(C(N)=O)c(NC(=O)CCn4ncc(Cl)c4C)c23)cc1. The molecule has 3 N–H and O–H groups in total. The molecule has 1 aromatic carbocycles. The van der Waals surface area contributed by atoms with E-state index in [0.29, 0.717) is 27.6 Å². The highest BCUT2D eigenvalue weighted by Crippen LogP contribution is 2.43. The number of nitrogens with zero attached hydrogens (tertiary/aromatic N) is 3. The Kier molecular flexibility index (Phi) is 6.56. The van der Waals surface area contributed by atoms with Crippen molar-refractivity contribution >= 4 is 50.7 Å². The first-order valence-corrected chi connectivity index (χ1v) is 11.5. The van der Waals surface area contributed by atoms with Crippen molar-refractivity contribution in [2.45, 2.75) is 33.0 Å². The van der Waals surface area contributed by atoms with E-state index < -0.39 is 23.7 Å². The highest BCUT2D eigenvalue weighted by atomic mass is 35.5. The Hall–Kier alpha value is -3.44. The highest BCUT2D eigenvalue weighted by Gasteiger charge is 2.35. The minimum atomic E-state index is -4.71. The van der Waals surface area contributed by atoms with Gasteiger partial charge in [-0.3, -0.25) is 14.3 Å². The van der Waals surface area contributed by atoms with Gasteiger partial charge in [-0.25, -0.2) is 4.98 Å². The van der Waals surface area contributed by atoms with Crippen LogP contribution in [0.3, 0.4) is 0 Å². The van der Waals surface area contributed by atoms with E-state index >= 15 is 0 Å². The van der Waals surface area contributed by atoms with Crippen LogP contribution in [0.4, 0.5) is 18.9 Å². The van der Waals surface area contributed by atoms with Crippen LogP contribution >= 0.6 is 22.9 Å². The number of carbonyl (C=O) groups excluding carboxylic acids is 2. The van der Waals surface area contributed by atoms with Gasteiger partial charge in [0.15, 0.2) is 0 Å². The molecule has 182 valence electrons. The summed E-state index contributed by atoms with van der Waals surface area (Å²) in [6.07, 6.45) is -3.27. The van der Waals surface area contributed by atoms with Crippen molar-refractivity contribution in [3.63, 3.8) is 0 Å². The number of primary amides is 1. The maximum absolute atomic E-state index is 13.6. The van der Waals surface area contributed by atoms with Gasteiger partial charge in [0.2, 0.25) is 5.91 Å². The van der Waals surface area contributed by atoms with E-state index in [2.05, 4.69) is 15.4 Å². The molecule has 0 atom stereocenters. The van der Waals surface area contributed by atoms with E-state index in [4.69, 9.17) is 17.3 Å². The average Bonchev–Trinajstić information content (AvgIpc) is 3.32. The van der Waals surface area contributed by atoms with Crippen LogP contribution in [0.2, 0.25) is 5.02 Å². The number of hydrogen-bond acceptors (Lipinski definition) is 5. The number of anilines is 1. The first kappa shape index (κ1) is 24.7. The van der Waals surface area contributed by atoms with Crippen molar-refractivity contribution in [3.05, 3.63) is 63.4 Å². The Bertz CT molecular complexity index is 1440. The Balaban J connectivity index is 1.81. The van der Waals surface area contributed by atoms with Crippen LogP contribution in [0, 0.1) is 13.8 Å². The van der Waals surface area contributed by atoms with Gasteiger partial charge in [0, 0.05) is 11.8 Å². The number of aromatic nitrogens is 3. The molecule has 4 aromatic rings. The summed E-state index contributed by atoms with van der Waals surface area (Å²) in [7, 11) is 0. The minimum absolute atomic E-state index is 0.0255. The van der Waals surface area contributed by atoms with E-state index in [-0.39, 0.29) is 39.3 Å². The second-order valence-corrected chi connectivity index (χ2v) is 9.27. The fourth-order valence-electron chi connectivity index (χ4n) is 3.56. The molecule has 12 heteroatoms. The fraction of sp³-hybridized carbons (Fsp3) is 0.217. The second kappa shape index (κ2) is 9.31. The molecule has 3 heterocycles. The summed E-state index contributed by atoms with van der Waals surface area (Å²) in [5.74, 6) is -1.37. The topological polar surface area (TPSA) is 103 Å². The lowest BCUT2D eigenvalue weighted by Gasteiger charge is -2.13. The zero-order valence-electron chi connectivity index (χ0n) is 18.5. The molecule has 0 aliphatic rings. The zero-order valence-corrected chi connectivity index (χ0v) is 20.1. The van der Waals surface area contributed by atoms with Gasteiger partial charge < -0.3 is 11.1 Å². The summed E-state index contributed by atoms with van der Waals surface area (Å²) in [5.41, 5.74) is 6.69. The lowest BCUT2D eigenvalue weighted by atomic mass is 10.00. The Morgan fingerprint density at radius 1 is 1.20 bits per heavy atom. The average molecular weight is 522 g/mol. The van der Waals surface area contributed by atoms with Gasteiger partial charge in [-0.1, -0.05) is 41.4 Å². The highest BCUT2D eigenvalue weighted by molar-refractivity contribution is 7.21. The van der Waals surface area contributed by atoms with Gasteiger partial charge in [0.25, 0.3) is 5.91 Å². The fourth-order valence-corrected chi connectivity index (χ4v) is 4.70. The number of pyridine rings is 1. The number of fused-ring (bicyclic) bond motifs is 1. The number of rotatable bonds is 6. The van der Waals surface area contributed by atoms with E-state index in [1.165, 1.54) is 6.20 Å². The largest absolute Gasteiger partial charge is 0.433 e. The number of thiophene rings is 1. The molecule has 35 heavy (non-hydrogen) atoms. The number of hydrogen-bond donors (Lipinski definition) is 2. The normalized spacial score (nSPS) is 11.7. The monoisotopic (exact) mass is 521 g/mol. The number of alkyl halides is 3. The first-order valence-electron chi connectivity index (χ1n) is 10.3. The summed E-state index contributed by atoms with van der Waals surface area (Å²) in [5, 5.41) is 7.43. The Morgan fingerprint density at radius 2 is 1.89 bits per heavy atom. The van der Waals surface area contributed by atoms with Crippen molar-refractivity contribution in [1.82, 2.24) is 14.8 Å². The van der Waals surface area contributed by atoms with Crippen molar-refractivity contribution in [2.75, 3.05) is 5.32 Å². The molecule has 0 aliphatic heterocycles. The molecule has 3 aromatic heterocycles. The van der Waals surface area contributed by atoms with Crippen LogP contribution in [0.15, 0.2) is 36.5 Å². The maximum Gasteiger partial charge on any atom is 0.433 e. The predicted molar refractivity (Wildman–Crippen MR) is 129 cm³/mol. The van der Waals surface area contributed by atoms with Crippen LogP contribution < -0.4 is 11.1 Å². The van der Waals surface area contributed by atoms with Gasteiger partial charge in [-0.05, 0) is 31.0 Å². The molecule has 0 fully saturated rings. The number of aryl methyl sites for hydroxylation is 2. The smallest absolute Gasteiger partial charge is 0.365 e. The second-order valence-electron chi connectivity index (χ2n) is 7.87. The van der Waals surface area contributed by atoms with E-state index in [9.17, 15) is 22.8 Å². The molecule has 2 amide bonds. The number of nitrogens with one attached hydrogen (secondary N) is 1. The van der Waals surface area contributed by atoms with Gasteiger partial charge >= 0.3 is 6.18 Å². The Morgan fingerprint density at radius 3 is 2.46 bits per heavy atom. The van der Waals surface area contributed by atoms with E-state index in [0.717, 1.165) is 11.6 Å². The van der Waals surface area contributed by atoms with Crippen molar-refractivity contribution < 1.29 is 22.8 Å². The van der Waals surface area contributed by atoms with Crippen LogP contribution in [0.1, 0.15) is 33.0 Å². The molecular weight excluding hydrogens is 503 g/mol. The van der Waals surface area contributed by atoms with Gasteiger partial charge in [0.05, 0.1) is 29.1 Å². The third kappa shape index (κ3) is 5.01. The first-order chi connectivity index (χ1) is 16.5.